The Labute approximate surface area is 145 Å². The maximum absolute atomic E-state index is 12.1. The molecule has 0 amide bonds. The summed E-state index contributed by atoms with van der Waals surface area (Å²) in [6.45, 7) is 2.83. The quantitative estimate of drug-likeness (QED) is 0.793. The number of nitrogens with zero attached hydrogens (tertiary/aromatic N) is 3. The van der Waals surface area contributed by atoms with E-state index in [-0.39, 0.29) is 11.5 Å². The second-order valence-electron chi connectivity index (χ2n) is 6.46. The van der Waals surface area contributed by atoms with Gasteiger partial charge in [-0.1, -0.05) is 0 Å². The van der Waals surface area contributed by atoms with Crippen LogP contribution in [0.2, 0.25) is 0 Å². The predicted molar refractivity (Wildman–Crippen MR) is 94.0 cm³/mol. The van der Waals surface area contributed by atoms with Gasteiger partial charge in [0.15, 0.2) is 0 Å². The summed E-state index contributed by atoms with van der Waals surface area (Å²) in [5.41, 5.74) is 2.81. The number of pyridine rings is 1. The normalized spacial score (nSPS) is 18.3. The Morgan fingerprint density at radius 2 is 2.16 bits per heavy atom. The lowest BCUT2D eigenvalue weighted by molar-refractivity contribution is 0.198. The van der Waals surface area contributed by atoms with Gasteiger partial charge in [0.2, 0.25) is 0 Å². The van der Waals surface area contributed by atoms with Crippen molar-refractivity contribution in [2.75, 3.05) is 13.1 Å². The molecule has 3 aromatic heterocycles. The molecule has 0 bridgehead atoms. The first-order valence-corrected chi connectivity index (χ1v) is 8.53. The molecule has 0 spiro atoms. The molecule has 6 nitrogen and oxygen atoms in total. The molecule has 1 atom stereocenters. The molecular formula is C19H20N4O2. The first-order chi connectivity index (χ1) is 12.3. The summed E-state index contributed by atoms with van der Waals surface area (Å²) in [7, 11) is 0. The molecule has 0 saturated carbocycles. The van der Waals surface area contributed by atoms with Gasteiger partial charge in [0.25, 0.3) is 5.56 Å². The number of hydrogen-bond acceptors (Lipinski definition) is 5. The molecule has 0 radical (unpaired) electrons. The summed E-state index contributed by atoms with van der Waals surface area (Å²) >= 11 is 0. The van der Waals surface area contributed by atoms with Crippen molar-refractivity contribution >= 4 is 0 Å². The molecule has 3 aromatic rings. The number of rotatable bonds is 4. The zero-order valence-corrected chi connectivity index (χ0v) is 13.9. The molecule has 1 aliphatic rings. The van der Waals surface area contributed by atoms with Crippen LogP contribution in [0.4, 0.5) is 0 Å². The summed E-state index contributed by atoms with van der Waals surface area (Å²) < 4.78 is 5.16. The maximum Gasteiger partial charge on any atom is 0.251 e. The highest BCUT2D eigenvalue weighted by Gasteiger charge is 2.23. The van der Waals surface area contributed by atoms with Crippen molar-refractivity contribution in [3.8, 4) is 11.4 Å². The predicted octanol–water partition coefficient (Wildman–Crippen LogP) is 2.80. The van der Waals surface area contributed by atoms with E-state index < -0.39 is 0 Å². The van der Waals surface area contributed by atoms with Gasteiger partial charge in [-0.3, -0.25) is 14.7 Å². The second kappa shape index (κ2) is 7.03. The SMILES string of the molecule is O=c1cc([C@H]2CCCN(Cc3ccoc3)C2)nc(-c2ccncc2)[nH]1. The second-order valence-corrected chi connectivity index (χ2v) is 6.46. The molecule has 0 aromatic carbocycles. The van der Waals surface area contributed by atoms with Crippen molar-refractivity contribution in [2.24, 2.45) is 0 Å². The summed E-state index contributed by atoms with van der Waals surface area (Å²) in [5.74, 6) is 0.875. The van der Waals surface area contributed by atoms with Crippen LogP contribution in [-0.2, 0) is 6.54 Å². The minimum atomic E-state index is -0.108. The third-order valence-corrected chi connectivity index (χ3v) is 4.63. The van der Waals surface area contributed by atoms with Gasteiger partial charge in [0, 0.05) is 48.6 Å². The zero-order valence-electron chi connectivity index (χ0n) is 13.9. The van der Waals surface area contributed by atoms with Crippen molar-refractivity contribution in [1.29, 1.82) is 0 Å². The van der Waals surface area contributed by atoms with Crippen LogP contribution < -0.4 is 5.56 Å². The maximum atomic E-state index is 12.1. The molecule has 6 heteroatoms. The van der Waals surface area contributed by atoms with Crippen LogP contribution in [0.1, 0.15) is 30.0 Å². The van der Waals surface area contributed by atoms with Crippen LogP contribution in [0.5, 0.6) is 0 Å². The van der Waals surface area contributed by atoms with E-state index in [1.54, 1.807) is 31.0 Å². The Morgan fingerprint density at radius 3 is 2.96 bits per heavy atom. The van der Waals surface area contributed by atoms with E-state index in [1.807, 2.05) is 18.2 Å². The van der Waals surface area contributed by atoms with E-state index in [2.05, 4.69) is 14.9 Å². The van der Waals surface area contributed by atoms with Crippen molar-refractivity contribution in [3.63, 3.8) is 0 Å². The highest BCUT2D eigenvalue weighted by atomic mass is 16.3. The van der Waals surface area contributed by atoms with Gasteiger partial charge < -0.3 is 9.40 Å². The standard InChI is InChI=1S/C19H20N4O2/c24-18-10-17(21-19(22-18)15-3-6-20-7-4-15)16-2-1-8-23(12-16)11-14-5-9-25-13-14/h3-7,9-10,13,16H,1-2,8,11-12H2,(H,21,22,24)/t16-/m0/s1. The number of furan rings is 1. The molecule has 0 aliphatic carbocycles. The summed E-state index contributed by atoms with van der Waals surface area (Å²) in [5, 5.41) is 0. The molecule has 4 rings (SSSR count). The van der Waals surface area contributed by atoms with Gasteiger partial charge in [0.05, 0.1) is 18.2 Å². The fraction of sp³-hybridized carbons (Fsp3) is 0.316. The van der Waals surface area contributed by atoms with E-state index in [0.29, 0.717) is 5.82 Å². The van der Waals surface area contributed by atoms with Crippen LogP contribution >= 0.6 is 0 Å². The molecule has 4 heterocycles. The fourth-order valence-corrected chi connectivity index (χ4v) is 3.41. The summed E-state index contributed by atoms with van der Waals surface area (Å²) in [6, 6.07) is 7.34. The zero-order chi connectivity index (χ0) is 17.1. The van der Waals surface area contributed by atoms with Gasteiger partial charge in [-0.05, 0) is 37.6 Å². The Morgan fingerprint density at radius 1 is 1.28 bits per heavy atom. The smallest absolute Gasteiger partial charge is 0.251 e. The largest absolute Gasteiger partial charge is 0.472 e. The first kappa shape index (κ1) is 15.8. The Kier molecular flexibility index (Phi) is 4.43. The van der Waals surface area contributed by atoms with Crippen molar-refractivity contribution in [3.05, 3.63) is 70.8 Å². The number of likely N-dealkylation sites (tertiary alicyclic amines) is 1. The van der Waals surface area contributed by atoms with Gasteiger partial charge in [-0.25, -0.2) is 4.98 Å². The number of aromatic nitrogens is 3. The lowest BCUT2D eigenvalue weighted by Gasteiger charge is -2.32. The van der Waals surface area contributed by atoms with E-state index in [1.165, 1.54) is 5.56 Å². The molecule has 25 heavy (non-hydrogen) atoms. The fourth-order valence-electron chi connectivity index (χ4n) is 3.41. The average molecular weight is 336 g/mol. The van der Waals surface area contributed by atoms with Crippen LogP contribution in [-0.4, -0.2) is 32.9 Å². The molecule has 0 unspecified atom stereocenters. The molecule has 1 aliphatic heterocycles. The van der Waals surface area contributed by atoms with E-state index in [0.717, 1.165) is 43.7 Å². The van der Waals surface area contributed by atoms with Gasteiger partial charge >= 0.3 is 0 Å². The van der Waals surface area contributed by atoms with Crippen molar-refractivity contribution in [1.82, 2.24) is 19.9 Å². The Hall–Kier alpha value is -2.73. The topological polar surface area (TPSA) is 75.0 Å². The third kappa shape index (κ3) is 3.69. The van der Waals surface area contributed by atoms with Gasteiger partial charge in [-0.2, -0.15) is 0 Å². The monoisotopic (exact) mass is 336 g/mol. The highest BCUT2D eigenvalue weighted by molar-refractivity contribution is 5.53. The van der Waals surface area contributed by atoms with E-state index >= 15 is 0 Å². The van der Waals surface area contributed by atoms with Crippen molar-refractivity contribution in [2.45, 2.75) is 25.3 Å². The van der Waals surface area contributed by atoms with Crippen LogP contribution in [0.3, 0.4) is 0 Å². The number of aromatic amines is 1. The number of H-pyrrole nitrogens is 1. The third-order valence-electron chi connectivity index (χ3n) is 4.63. The van der Waals surface area contributed by atoms with Crippen LogP contribution in [0.25, 0.3) is 11.4 Å². The van der Waals surface area contributed by atoms with Crippen molar-refractivity contribution < 1.29 is 4.42 Å². The first-order valence-electron chi connectivity index (χ1n) is 8.53. The summed E-state index contributed by atoms with van der Waals surface area (Å²) in [4.78, 5) is 26.1. The van der Waals surface area contributed by atoms with Gasteiger partial charge in [0.1, 0.15) is 5.82 Å². The molecule has 1 N–H and O–H groups in total. The van der Waals surface area contributed by atoms with Crippen LogP contribution in [0.15, 0.2) is 58.4 Å². The Bertz CT molecular complexity index is 874. The van der Waals surface area contributed by atoms with Gasteiger partial charge in [-0.15, -0.1) is 0 Å². The highest BCUT2D eigenvalue weighted by Crippen LogP contribution is 2.27. The molecule has 1 saturated heterocycles. The summed E-state index contributed by atoms with van der Waals surface area (Å²) in [6.07, 6.45) is 9.05. The lowest BCUT2D eigenvalue weighted by atomic mass is 9.94. The molecule has 1 fully saturated rings. The lowest BCUT2D eigenvalue weighted by Crippen LogP contribution is -2.34. The Balaban J connectivity index is 1.56. The number of piperidine rings is 1. The molecule has 128 valence electrons. The minimum Gasteiger partial charge on any atom is -0.472 e. The average Bonchev–Trinajstić information content (AvgIpc) is 3.15. The minimum absolute atomic E-state index is 0.108. The van der Waals surface area contributed by atoms with Crippen LogP contribution in [0, 0.1) is 0 Å². The van der Waals surface area contributed by atoms with E-state index in [9.17, 15) is 4.79 Å². The number of nitrogens with one attached hydrogen (secondary N) is 1. The van der Waals surface area contributed by atoms with E-state index in [4.69, 9.17) is 9.40 Å². The molecular weight excluding hydrogens is 316 g/mol. The number of hydrogen-bond donors (Lipinski definition) is 1.